The largest absolute Gasteiger partial charge is 0.493 e. The Hall–Kier alpha value is -1.99. The Morgan fingerprint density at radius 3 is 2.67 bits per heavy atom. The van der Waals surface area contributed by atoms with E-state index in [4.69, 9.17) is 16.3 Å². The van der Waals surface area contributed by atoms with Crippen molar-refractivity contribution in [3.05, 3.63) is 77.9 Å². The second-order valence-corrected chi connectivity index (χ2v) is 5.06. The summed E-state index contributed by atoms with van der Waals surface area (Å²) in [4.78, 5) is 0. The van der Waals surface area contributed by atoms with Gasteiger partial charge >= 0.3 is 0 Å². The molecule has 0 atom stereocenters. The minimum Gasteiger partial charge on any atom is -0.493 e. The van der Waals surface area contributed by atoms with Gasteiger partial charge in [-0.05, 0) is 24.6 Å². The normalized spacial score (nSPS) is 12.0. The van der Waals surface area contributed by atoms with Crippen molar-refractivity contribution in [3.8, 4) is 5.75 Å². The zero-order valence-electron chi connectivity index (χ0n) is 12.2. The smallest absolute Gasteiger partial charge is 0.127 e. The predicted octanol–water partition coefficient (Wildman–Crippen LogP) is 5.95. The quantitative estimate of drug-likeness (QED) is 0.599. The van der Waals surface area contributed by atoms with Crippen LogP contribution in [0.4, 0.5) is 0 Å². The average Bonchev–Trinajstić information content (AvgIpc) is 2.53. The number of halogens is 1. The molecule has 0 saturated heterocycles. The highest BCUT2D eigenvalue weighted by molar-refractivity contribution is 6.35. The molecular weight excluding hydrogens is 280 g/mol. The van der Waals surface area contributed by atoms with Crippen molar-refractivity contribution in [1.82, 2.24) is 0 Å². The Kier molecular flexibility index (Phi) is 5.65. The lowest BCUT2D eigenvalue weighted by molar-refractivity contribution is 0.326. The molecule has 21 heavy (non-hydrogen) atoms. The first-order chi connectivity index (χ1) is 10.3. The molecule has 0 aliphatic rings. The van der Waals surface area contributed by atoms with E-state index in [1.165, 1.54) is 5.57 Å². The van der Waals surface area contributed by atoms with Gasteiger partial charge < -0.3 is 4.74 Å². The van der Waals surface area contributed by atoms with Crippen LogP contribution in [0.25, 0.3) is 10.8 Å². The first-order valence-corrected chi connectivity index (χ1v) is 7.38. The van der Waals surface area contributed by atoms with Gasteiger partial charge in [-0.1, -0.05) is 66.7 Å². The SMILES string of the molecule is C=C/C=C\C(=C/C)CCOc1ccc(Cl)c2ccccc12. The minimum atomic E-state index is 0.632. The predicted molar refractivity (Wildman–Crippen MR) is 92.2 cm³/mol. The lowest BCUT2D eigenvalue weighted by Gasteiger charge is -2.10. The molecule has 0 aliphatic heterocycles. The van der Waals surface area contributed by atoms with Crippen LogP contribution in [0.2, 0.25) is 5.02 Å². The van der Waals surface area contributed by atoms with E-state index in [1.807, 2.05) is 49.4 Å². The number of hydrogen-bond donors (Lipinski definition) is 0. The molecule has 0 fully saturated rings. The summed E-state index contributed by atoms with van der Waals surface area (Å²) in [5, 5.41) is 2.82. The van der Waals surface area contributed by atoms with Crippen molar-refractivity contribution in [2.45, 2.75) is 13.3 Å². The molecule has 0 N–H and O–H groups in total. The molecule has 2 aromatic carbocycles. The molecule has 2 aromatic rings. The van der Waals surface area contributed by atoms with E-state index in [0.29, 0.717) is 6.61 Å². The van der Waals surface area contributed by atoms with Gasteiger partial charge in [0.15, 0.2) is 0 Å². The van der Waals surface area contributed by atoms with Crippen molar-refractivity contribution in [3.63, 3.8) is 0 Å². The molecule has 1 nitrogen and oxygen atoms in total. The third-order valence-corrected chi connectivity index (χ3v) is 3.63. The number of benzene rings is 2. The van der Waals surface area contributed by atoms with Crippen LogP contribution >= 0.6 is 11.6 Å². The first-order valence-electron chi connectivity index (χ1n) is 7.00. The molecule has 2 rings (SSSR count). The lowest BCUT2D eigenvalue weighted by Crippen LogP contribution is -1.99. The van der Waals surface area contributed by atoms with Gasteiger partial charge in [0.25, 0.3) is 0 Å². The van der Waals surface area contributed by atoms with Crippen molar-refractivity contribution >= 4 is 22.4 Å². The third-order valence-electron chi connectivity index (χ3n) is 3.30. The second-order valence-electron chi connectivity index (χ2n) is 4.65. The highest BCUT2D eigenvalue weighted by Crippen LogP contribution is 2.31. The first kappa shape index (κ1) is 15.4. The van der Waals surface area contributed by atoms with Crippen LogP contribution in [0.1, 0.15) is 13.3 Å². The average molecular weight is 299 g/mol. The van der Waals surface area contributed by atoms with Crippen molar-refractivity contribution in [1.29, 1.82) is 0 Å². The number of allylic oxidation sites excluding steroid dienone is 4. The number of fused-ring (bicyclic) bond motifs is 1. The highest BCUT2D eigenvalue weighted by atomic mass is 35.5. The third kappa shape index (κ3) is 3.99. The molecule has 0 saturated carbocycles. The van der Waals surface area contributed by atoms with Gasteiger partial charge in [-0.2, -0.15) is 0 Å². The zero-order valence-corrected chi connectivity index (χ0v) is 12.9. The summed E-state index contributed by atoms with van der Waals surface area (Å²) >= 11 is 6.21. The van der Waals surface area contributed by atoms with Gasteiger partial charge in [-0.25, -0.2) is 0 Å². The topological polar surface area (TPSA) is 9.23 Å². The van der Waals surface area contributed by atoms with Gasteiger partial charge in [0, 0.05) is 22.2 Å². The van der Waals surface area contributed by atoms with E-state index < -0.39 is 0 Å². The Morgan fingerprint density at radius 2 is 1.95 bits per heavy atom. The van der Waals surface area contributed by atoms with Crippen molar-refractivity contribution < 1.29 is 4.74 Å². The van der Waals surface area contributed by atoms with Crippen LogP contribution < -0.4 is 4.74 Å². The van der Waals surface area contributed by atoms with Crippen LogP contribution in [0.15, 0.2) is 72.9 Å². The molecule has 0 radical (unpaired) electrons. The van der Waals surface area contributed by atoms with Crippen LogP contribution in [0.3, 0.4) is 0 Å². The molecule has 0 unspecified atom stereocenters. The summed E-state index contributed by atoms with van der Waals surface area (Å²) in [5.41, 5.74) is 1.23. The van der Waals surface area contributed by atoms with E-state index in [2.05, 4.69) is 18.7 Å². The second kappa shape index (κ2) is 7.70. The van der Waals surface area contributed by atoms with E-state index in [-0.39, 0.29) is 0 Å². The van der Waals surface area contributed by atoms with E-state index in [9.17, 15) is 0 Å². The number of ether oxygens (including phenoxy) is 1. The molecule has 0 spiro atoms. The molecule has 0 aromatic heterocycles. The lowest BCUT2D eigenvalue weighted by atomic mass is 10.1. The Morgan fingerprint density at radius 1 is 1.19 bits per heavy atom. The molecule has 0 bridgehead atoms. The van der Waals surface area contributed by atoms with Gasteiger partial charge in [-0.15, -0.1) is 0 Å². The number of rotatable bonds is 6. The summed E-state index contributed by atoms with van der Waals surface area (Å²) < 4.78 is 5.93. The molecular formula is C19H19ClO. The summed E-state index contributed by atoms with van der Waals surface area (Å²) in [7, 11) is 0. The Balaban J connectivity index is 2.09. The van der Waals surface area contributed by atoms with Crippen molar-refractivity contribution in [2.75, 3.05) is 6.61 Å². The zero-order chi connectivity index (χ0) is 15.1. The van der Waals surface area contributed by atoms with Crippen molar-refractivity contribution in [2.24, 2.45) is 0 Å². The fourth-order valence-corrected chi connectivity index (χ4v) is 2.38. The van der Waals surface area contributed by atoms with Crippen LogP contribution in [0.5, 0.6) is 5.75 Å². The monoisotopic (exact) mass is 298 g/mol. The fraction of sp³-hybridized carbons (Fsp3) is 0.158. The standard InChI is InChI=1S/C19H19ClO/c1-3-5-8-15(4-2)13-14-21-19-12-11-18(20)16-9-6-7-10-17(16)19/h3-12H,1,13-14H2,2H3/b8-5-,15-4+. The Labute approximate surface area is 131 Å². The van der Waals surface area contributed by atoms with Crippen LogP contribution in [0, 0.1) is 0 Å². The minimum absolute atomic E-state index is 0.632. The molecule has 0 aliphatic carbocycles. The maximum atomic E-state index is 6.21. The summed E-state index contributed by atoms with van der Waals surface area (Å²) in [6.45, 7) is 6.34. The maximum absolute atomic E-state index is 6.21. The van der Waals surface area contributed by atoms with Gasteiger partial charge in [-0.3, -0.25) is 0 Å². The molecule has 2 heteroatoms. The summed E-state index contributed by atoms with van der Waals surface area (Å²) in [6.07, 6.45) is 8.71. The van der Waals surface area contributed by atoms with E-state index in [0.717, 1.165) is 28.0 Å². The van der Waals surface area contributed by atoms with Crippen LogP contribution in [-0.2, 0) is 0 Å². The van der Waals surface area contributed by atoms with Gasteiger partial charge in [0.1, 0.15) is 5.75 Å². The summed E-state index contributed by atoms with van der Waals surface area (Å²) in [5.74, 6) is 0.873. The fourth-order valence-electron chi connectivity index (χ4n) is 2.15. The molecule has 0 amide bonds. The van der Waals surface area contributed by atoms with Gasteiger partial charge in [0.2, 0.25) is 0 Å². The maximum Gasteiger partial charge on any atom is 0.127 e. The molecule has 108 valence electrons. The van der Waals surface area contributed by atoms with E-state index >= 15 is 0 Å². The van der Waals surface area contributed by atoms with E-state index in [1.54, 1.807) is 6.08 Å². The van der Waals surface area contributed by atoms with Crippen LogP contribution in [-0.4, -0.2) is 6.61 Å². The molecule has 0 heterocycles. The number of hydrogen-bond acceptors (Lipinski definition) is 1. The summed E-state index contributed by atoms with van der Waals surface area (Å²) in [6, 6.07) is 11.8. The highest BCUT2D eigenvalue weighted by Gasteiger charge is 2.05. The Bertz CT molecular complexity index is 683. The van der Waals surface area contributed by atoms with Gasteiger partial charge in [0.05, 0.1) is 6.61 Å².